The molecular formula is C82H127N3O28Si3. The van der Waals surface area contributed by atoms with E-state index in [0.29, 0.717) is 126 Å². The largest absolute Gasteiger partial charge is 0.501 e. The molecule has 0 radical (unpaired) electrons. The molecule has 4 atom stereocenters. The molecule has 116 heavy (non-hydrogen) atoms. The van der Waals surface area contributed by atoms with Crippen molar-refractivity contribution in [2.24, 2.45) is 10.8 Å². The summed E-state index contributed by atoms with van der Waals surface area (Å²) >= 11 is 0. The molecule has 0 saturated heterocycles. The van der Waals surface area contributed by atoms with Gasteiger partial charge in [-0.3, -0.25) is 9.59 Å². The molecular weight excluding hydrogens is 1560 g/mol. The van der Waals surface area contributed by atoms with Gasteiger partial charge in [-0.25, -0.2) is 19.2 Å². The van der Waals surface area contributed by atoms with E-state index >= 15 is 0 Å². The van der Waals surface area contributed by atoms with Gasteiger partial charge in [0.05, 0.1) is 10.8 Å². The highest BCUT2D eigenvalue weighted by Gasteiger charge is 2.43. The molecule has 4 aromatic carbocycles. The lowest BCUT2D eigenvalue weighted by Gasteiger charge is -2.28. The Morgan fingerprint density at radius 2 is 0.664 bits per heavy atom. The number of ether oxygens (including phenoxy) is 11. The van der Waals surface area contributed by atoms with Crippen molar-refractivity contribution in [3.05, 3.63) is 146 Å². The minimum absolute atomic E-state index is 0.0160. The molecule has 0 aromatic heterocycles. The average molecular weight is 1690 g/mol. The van der Waals surface area contributed by atoms with E-state index in [9.17, 15) is 39.0 Å². The molecule has 34 heteroatoms. The molecule has 0 aliphatic carbocycles. The van der Waals surface area contributed by atoms with Gasteiger partial charge in [-0.2, -0.15) is 5.26 Å². The fourth-order valence-corrected chi connectivity index (χ4v) is 18.4. The summed E-state index contributed by atoms with van der Waals surface area (Å²) < 4.78 is 112. The van der Waals surface area contributed by atoms with Crippen LogP contribution >= 0.6 is 0 Å². The van der Waals surface area contributed by atoms with Crippen LogP contribution in [0.4, 0.5) is 9.59 Å². The molecule has 31 nitrogen and oxygen atoms in total. The predicted octanol–water partition coefficient (Wildman–Crippen LogP) is 12.1. The number of carbonyl (C=O) groups excluding carboxylic acids is 6. The number of carbonyl (C=O) groups is 6. The summed E-state index contributed by atoms with van der Waals surface area (Å²) in [5.74, 6) is -0.591. The fraction of sp³-hybridized carbons (Fsp3) is 0.573. The first-order valence-electron chi connectivity index (χ1n) is 39.4. The minimum Gasteiger partial charge on any atom is -0.491 e. The van der Waals surface area contributed by atoms with E-state index in [2.05, 4.69) is 28.5 Å². The number of aliphatic hydroxyl groups is 2. The van der Waals surface area contributed by atoms with Crippen molar-refractivity contribution in [2.45, 2.75) is 165 Å². The predicted molar refractivity (Wildman–Crippen MR) is 437 cm³/mol. The van der Waals surface area contributed by atoms with E-state index in [1.807, 2.05) is 86.6 Å². The molecule has 4 rings (SSSR count). The highest BCUT2D eigenvalue weighted by Crippen LogP contribution is 2.30. The highest BCUT2D eigenvalue weighted by molar-refractivity contribution is 6.61. The molecule has 0 spiro atoms. The van der Waals surface area contributed by atoms with Gasteiger partial charge < -0.3 is 113 Å². The van der Waals surface area contributed by atoms with Gasteiger partial charge in [-0.05, 0) is 171 Å². The van der Waals surface area contributed by atoms with Gasteiger partial charge in [0.2, 0.25) is 0 Å². The summed E-state index contributed by atoms with van der Waals surface area (Å²) in [6.45, 7) is 34.6. The Morgan fingerprint density at radius 3 is 0.966 bits per heavy atom. The number of hydrogen-bond donors (Lipinski definition) is 4. The van der Waals surface area contributed by atoms with Crippen LogP contribution in [0.25, 0.3) is 0 Å². The maximum Gasteiger partial charge on any atom is 0.501 e. The van der Waals surface area contributed by atoms with Gasteiger partial charge >= 0.3 is 62.5 Å². The maximum absolute atomic E-state index is 13.5. The Bertz CT molecular complexity index is 3350. The fourth-order valence-electron chi connectivity index (χ4n) is 10.6. The second kappa shape index (κ2) is 60.0. The van der Waals surface area contributed by atoms with Crippen LogP contribution in [0.5, 0.6) is 23.0 Å². The van der Waals surface area contributed by atoms with Crippen molar-refractivity contribution < 1.29 is 131 Å². The average Bonchev–Trinajstić information content (AvgIpc) is 0.862. The molecule has 4 unspecified atom stereocenters. The molecule has 650 valence electrons. The number of alkyl carbamates (subject to hydrolysis) is 2. The van der Waals surface area contributed by atoms with Gasteiger partial charge in [0.25, 0.3) is 6.26 Å². The van der Waals surface area contributed by atoms with Gasteiger partial charge in [0.1, 0.15) is 94.7 Å². The van der Waals surface area contributed by atoms with Crippen LogP contribution < -0.4 is 29.6 Å². The number of esters is 4. The molecule has 0 heterocycles. The summed E-state index contributed by atoms with van der Waals surface area (Å²) in [7, 11) is -8.33. The Kier molecular flexibility index (Phi) is 53.6. The van der Waals surface area contributed by atoms with Crippen LogP contribution in [-0.4, -0.2) is 229 Å². The third-order valence-electron chi connectivity index (χ3n) is 15.8. The second-order valence-electron chi connectivity index (χ2n) is 26.6. The number of hydrogen-bond acceptors (Lipinski definition) is 29. The van der Waals surface area contributed by atoms with Crippen LogP contribution in [0, 0.1) is 22.3 Å². The monoisotopic (exact) mass is 1690 g/mol. The lowest BCUT2D eigenvalue weighted by Crippen LogP contribution is -2.46. The molecule has 0 fully saturated rings. The summed E-state index contributed by atoms with van der Waals surface area (Å²) in [4.78, 5) is 77.3. The van der Waals surface area contributed by atoms with E-state index in [1.54, 1.807) is 131 Å². The zero-order valence-corrected chi connectivity index (χ0v) is 73.0. The maximum atomic E-state index is 13.5. The number of nitrogens with zero attached hydrogens (tertiary/aromatic N) is 1. The van der Waals surface area contributed by atoms with Crippen LogP contribution in [-0.2, 0) is 92.2 Å². The van der Waals surface area contributed by atoms with Crippen molar-refractivity contribution in [3.8, 4) is 29.3 Å². The zero-order chi connectivity index (χ0) is 85.9. The number of aliphatic hydroxyl groups excluding tert-OH is 2. The molecule has 0 aliphatic rings. The Hall–Kier alpha value is -8.52. The molecule has 0 bridgehead atoms. The summed E-state index contributed by atoms with van der Waals surface area (Å²) in [6, 6.07) is 37.4. The first kappa shape index (κ1) is 104. The third-order valence-corrected chi connectivity index (χ3v) is 25.3. The lowest BCUT2D eigenvalue weighted by atomic mass is 9.86. The number of para-hydroxylation sites is 4. The Morgan fingerprint density at radius 1 is 0.397 bits per heavy atom. The van der Waals surface area contributed by atoms with E-state index in [-0.39, 0.29) is 89.9 Å². The normalized spacial score (nSPS) is 12.5. The van der Waals surface area contributed by atoms with Gasteiger partial charge in [0, 0.05) is 102 Å². The zero-order valence-electron chi connectivity index (χ0n) is 70.0. The van der Waals surface area contributed by atoms with Crippen LogP contribution in [0.1, 0.15) is 122 Å². The first-order valence-corrected chi connectivity index (χ1v) is 45.2. The van der Waals surface area contributed by atoms with E-state index < -0.39 is 97.7 Å². The molecule has 0 aliphatic heterocycles. The van der Waals surface area contributed by atoms with Crippen molar-refractivity contribution >= 4 is 62.5 Å². The SMILES string of the molecule is C=C(CC(C)(C)C(=O)OCC(COc1ccccc1)OC(=O)NCCC[Si](OCC)(OCC)OCC)C(=O)OCC(COc1ccccc1)OC(=O)NCCC[Si](OCC)(OCC)OCC.C=C(CC(C)(C)C(=O)OCC(O)COc1ccccc1)C(=O)OCC(O)COc1ccccc1.CCO[Si](CCCOC#N)(OCC)OCC. The van der Waals surface area contributed by atoms with E-state index in [0.717, 1.165) is 0 Å². The summed E-state index contributed by atoms with van der Waals surface area (Å²) in [6.07, 6.45) is -2.30. The number of amides is 2. The van der Waals surface area contributed by atoms with Gasteiger partial charge in [-0.1, -0.05) is 86.0 Å². The van der Waals surface area contributed by atoms with Crippen molar-refractivity contribution in [1.82, 2.24) is 10.6 Å². The Labute approximate surface area is 688 Å². The van der Waals surface area contributed by atoms with Crippen molar-refractivity contribution in [2.75, 3.05) is 132 Å². The first-order chi connectivity index (χ1) is 55.6. The number of nitriles is 1. The second-order valence-corrected chi connectivity index (χ2v) is 34.8. The smallest absolute Gasteiger partial charge is 0.491 e. The third kappa shape index (κ3) is 44.7. The lowest BCUT2D eigenvalue weighted by molar-refractivity contribution is -0.158. The molecule has 4 N–H and O–H groups in total. The van der Waals surface area contributed by atoms with Crippen LogP contribution in [0.3, 0.4) is 0 Å². The quantitative estimate of drug-likeness (QED) is 0.00796. The van der Waals surface area contributed by atoms with E-state index in [4.69, 9.17) is 92.5 Å². The number of nitrogens with one attached hydrogen (secondary N) is 2. The Balaban J connectivity index is 0.000000748. The summed E-state index contributed by atoms with van der Waals surface area (Å²) in [5, 5.41) is 33.7. The minimum atomic E-state index is -2.90. The standard InChI is InChI=1S/C46H74N2O16Si2.C26H32O8.C10H21NO4Si/c1-10-57-65(58-11-2,59-12-3)30-22-28-47-44(51)63-40(33-53-38-24-18-16-19-25-38)35-55-42(49)37(7)32-46(8,9)43(50)56-36-41(34-54-39-26-20-17-21-27-39)64-45(52)48-29-23-31-66(60-13-4,61-14-5)62-15-6;1-19(24(29)33-17-20(27)15-31-22-10-6-4-7-11-22)14-26(2,3)25(30)34-18-21(28)16-32-23-12-8-5-9-13-23;1-4-13-16(14-5-2,15-6-3)9-7-8-12-10-11/h16-21,24-27,40-41H,7,10-15,22-23,28-36H2,1-6,8-9H3,(H,47,51)(H,48,52);4-13,20-21,27-28H,1,14-18H2,2-3H3;4-9H2,1-3H3. The van der Waals surface area contributed by atoms with Crippen LogP contribution in [0.2, 0.25) is 18.1 Å². The van der Waals surface area contributed by atoms with E-state index in [1.165, 1.54) is 0 Å². The van der Waals surface area contributed by atoms with Gasteiger partial charge in [-0.15, -0.1) is 0 Å². The van der Waals surface area contributed by atoms with Crippen molar-refractivity contribution in [1.29, 1.82) is 5.26 Å². The highest BCUT2D eigenvalue weighted by atomic mass is 28.4. The number of rotatable bonds is 60. The van der Waals surface area contributed by atoms with Crippen LogP contribution in [0.15, 0.2) is 146 Å². The number of benzene rings is 4. The molecule has 0 saturated carbocycles. The summed E-state index contributed by atoms with van der Waals surface area (Å²) in [5.41, 5.74) is -2.31. The van der Waals surface area contributed by atoms with Crippen molar-refractivity contribution in [3.63, 3.8) is 0 Å². The van der Waals surface area contributed by atoms with Gasteiger partial charge in [0.15, 0.2) is 12.2 Å². The molecule has 2 amide bonds. The topological polar surface area (TPSA) is 375 Å². The molecule has 4 aromatic rings.